The molecule has 0 fully saturated rings. The summed E-state index contributed by atoms with van der Waals surface area (Å²) in [6.07, 6.45) is 6.26. The average Bonchev–Trinajstić information content (AvgIpc) is 2.43. The second kappa shape index (κ2) is 8.96. The molecule has 0 saturated heterocycles. The van der Waals surface area contributed by atoms with Crippen molar-refractivity contribution in [2.24, 2.45) is 0 Å². The molecule has 3 heteroatoms. The minimum atomic E-state index is -0.218. The van der Waals surface area contributed by atoms with Crippen molar-refractivity contribution in [2.75, 3.05) is 7.11 Å². The zero-order valence-electron chi connectivity index (χ0n) is 13.2. The van der Waals surface area contributed by atoms with Crippen LogP contribution in [0.15, 0.2) is 18.2 Å². The zero-order valence-corrected chi connectivity index (χ0v) is 13.2. The van der Waals surface area contributed by atoms with E-state index in [2.05, 4.69) is 26.1 Å². The van der Waals surface area contributed by atoms with E-state index in [0.717, 1.165) is 17.7 Å². The van der Waals surface area contributed by atoms with Gasteiger partial charge in [0.1, 0.15) is 11.6 Å². The van der Waals surface area contributed by atoms with Crippen LogP contribution in [0.25, 0.3) is 0 Å². The minimum absolute atomic E-state index is 0.0850. The highest BCUT2D eigenvalue weighted by molar-refractivity contribution is 5.36. The number of ether oxygens (including phenoxy) is 1. The molecule has 0 spiro atoms. The Hall–Kier alpha value is -1.09. The zero-order chi connectivity index (χ0) is 15.0. The highest BCUT2D eigenvalue weighted by Crippen LogP contribution is 2.26. The summed E-state index contributed by atoms with van der Waals surface area (Å²) in [5, 5.41) is 3.53. The van der Waals surface area contributed by atoms with E-state index in [1.165, 1.54) is 31.7 Å². The van der Waals surface area contributed by atoms with Crippen LogP contribution < -0.4 is 10.1 Å². The molecule has 20 heavy (non-hydrogen) atoms. The Balaban J connectivity index is 2.53. The smallest absolute Gasteiger partial charge is 0.123 e. The Kier molecular flexibility index (Phi) is 7.60. The largest absolute Gasteiger partial charge is 0.496 e. The van der Waals surface area contributed by atoms with E-state index in [1.807, 2.05) is 0 Å². The van der Waals surface area contributed by atoms with Gasteiger partial charge >= 0.3 is 0 Å². The van der Waals surface area contributed by atoms with Crippen LogP contribution in [0.3, 0.4) is 0 Å². The summed E-state index contributed by atoms with van der Waals surface area (Å²) < 4.78 is 18.7. The van der Waals surface area contributed by atoms with Crippen molar-refractivity contribution in [1.29, 1.82) is 0 Å². The Morgan fingerprint density at radius 1 is 1.20 bits per heavy atom. The Labute approximate surface area is 122 Å². The lowest BCUT2D eigenvalue weighted by molar-refractivity contribution is 0.388. The van der Waals surface area contributed by atoms with Crippen molar-refractivity contribution in [3.8, 4) is 5.75 Å². The Morgan fingerprint density at radius 3 is 2.60 bits per heavy atom. The summed E-state index contributed by atoms with van der Waals surface area (Å²) in [6.45, 7) is 6.47. The Bertz CT molecular complexity index is 395. The molecule has 2 atom stereocenters. The number of unbranched alkanes of at least 4 members (excludes halogenated alkanes) is 3. The highest BCUT2D eigenvalue weighted by Gasteiger charge is 2.14. The first kappa shape index (κ1) is 17.0. The molecule has 0 aliphatic rings. The van der Waals surface area contributed by atoms with E-state index in [9.17, 15) is 4.39 Å². The SMILES string of the molecule is CCCCCCC(C)NC(C)c1cc(F)ccc1OC. The third-order valence-corrected chi connectivity index (χ3v) is 3.68. The maximum atomic E-state index is 13.4. The van der Waals surface area contributed by atoms with Crippen LogP contribution in [0.4, 0.5) is 4.39 Å². The van der Waals surface area contributed by atoms with Crippen molar-refractivity contribution >= 4 is 0 Å². The first-order valence-corrected chi connectivity index (χ1v) is 7.68. The van der Waals surface area contributed by atoms with Crippen molar-refractivity contribution in [2.45, 2.75) is 65.0 Å². The topological polar surface area (TPSA) is 21.3 Å². The molecule has 1 N–H and O–H groups in total. The number of rotatable bonds is 9. The molecular weight excluding hydrogens is 253 g/mol. The van der Waals surface area contributed by atoms with Gasteiger partial charge < -0.3 is 10.1 Å². The molecule has 0 radical (unpaired) electrons. The minimum Gasteiger partial charge on any atom is -0.496 e. The van der Waals surface area contributed by atoms with Crippen LogP contribution >= 0.6 is 0 Å². The summed E-state index contributed by atoms with van der Waals surface area (Å²) in [4.78, 5) is 0. The third-order valence-electron chi connectivity index (χ3n) is 3.68. The molecule has 0 aromatic heterocycles. The van der Waals surface area contributed by atoms with Gasteiger partial charge in [-0.2, -0.15) is 0 Å². The molecule has 0 amide bonds. The molecule has 0 heterocycles. The van der Waals surface area contributed by atoms with Crippen molar-refractivity contribution in [1.82, 2.24) is 5.32 Å². The van der Waals surface area contributed by atoms with Gasteiger partial charge in [-0.15, -0.1) is 0 Å². The summed E-state index contributed by atoms with van der Waals surface area (Å²) in [7, 11) is 1.62. The Morgan fingerprint density at radius 2 is 1.95 bits per heavy atom. The second-order valence-corrected chi connectivity index (χ2v) is 5.53. The molecular formula is C17H28FNO. The van der Waals surface area contributed by atoms with Gasteiger partial charge in [-0.05, 0) is 38.5 Å². The number of hydrogen-bond donors (Lipinski definition) is 1. The predicted octanol–water partition coefficient (Wildman–Crippen LogP) is 4.84. The van der Waals surface area contributed by atoms with Crippen LogP contribution in [-0.2, 0) is 0 Å². The normalized spacial score (nSPS) is 14.1. The van der Waals surface area contributed by atoms with E-state index in [-0.39, 0.29) is 11.9 Å². The van der Waals surface area contributed by atoms with Crippen LogP contribution in [0.1, 0.15) is 64.5 Å². The number of hydrogen-bond acceptors (Lipinski definition) is 2. The summed E-state index contributed by atoms with van der Waals surface area (Å²) in [5.74, 6) is 0.523. The van der Waals surface area contributed by atoms with Gasteiger partial charge in [-0.25, -0.2) is 4.39 Å². The average molecular weight is 281 g/mol. The quantitative estimate of drug-likeness (QED) is 0.654. The molecule has 2 unspecified atom stereocenters. The van der Waals surface area contributed by atoms with Gasteiger partial charge in [0.25, 0.3) is 0 Å². The molecule has 2 nitrogen and oxygen atoms in total. The fourth-order valence-electron chi connectivity index (χ4n) is 2.52. The summed E-state index contributed by atoms with van der Waals surface area (Å²) >= 11 is 0. The lowest BCUT2D eigenvalue weighted by Crippen LogP contribution is -2.29. The number of nitrogens with one attached hydrogen (secondary N) is 1. The molecule has 0 bridgehead atoms. The molecule has 0 aliphatic heterocycles. The van der Waals surface area contributed by atoms with Gasteiger partial charge in [-0.1, -0.05) is 32.6 Å². The second-order valence-electron chi connectivity index (χ2n) is 5.53. The standard InChI is InChI=1S/C17H28FNO/c1-5-6-7-8-9-13(2)19-14(3)16-12-15(18)10-11-17(16)20-4/h10-14,19H,5-9H2,1-4H3. The van der Waals surface area contributed by atoms with E-state index < -0.39 is 0 Å². The van der Waals surface area contributed by atoms with Crippen molar-refractivity contribution < 1.29 is 9.13 Å². The van der Waals surface area contributed by atoms with Crippen LogP contribution in [0.5, 0.6) is 5.75 Å². The molecule has 114 valence electrons. The molecule has 1 aromatic rings. The highest BCUT2D eigenvalue weighted by atomic mass is 19.1. The maximum absolute atomic E-state index is 13.4. The van der Waals surface area contributed by atoms with Crippen molar-refractivity contribution in [3.05, 3.63) is 29.6 Å². The van der Waals surface area contributed by atoms with Crippen LogP contribution in [-0.4, -0.2) is 13.2 Å². The number of methoxy groups -OCH3 is 1. The maximum Gasteiger partial charge on any atom is 0.123 e. The summed E-state index contributed by atoms with van der Waals surface area (Å²) in [6, 6.07) is 5.19. The third kappa shape index (κ3) is 5.49. The van der Waals surface area contributed by atoms with E-state index in [0.29, 0.717) is 6.04 Å². The first-order chi connectivity index (χ1) is 9.58. The van der Waals surface area contributed by atoms with Gasteiger partial charge in [0, 0.05) is 17.6 Å². The summed E-state index contributed by atoms with van der Waals surface area (Å²) in [5.41, 5.74) is 0.882. The molecule has 1 aromatic carbocycles. The number of benzene rings is 1. The van der Waals surface area contributed by atoms with Gasteiger partial charge in [-0.3, -0.25) is 0 Å². The first-order valence-electron chi connectivity index (χ1n) is 7.68. The van der Waals surface area contributed by atoms with E-state index in [1.54, 1.807) is 19.2 Å². The van der Waals surface area contributed by atoms with E-state index >= 15 is 0 Å². The molecule has 0 saturated carbocycles. The predicted molar refractivity (Wildman–Crippen MR) is 82.7 cm³/mol. The monoisotopic (exact) mass is 281 g/mol. The van der Waals surface area contributed by atoms with Crippen LogP contribution in [0.2, 0.25) is 0 Å². The van der Waals surface area contributed by atoms with Crippen molar-refractivity contribution in [3.63, 3.8) is 0 Å². The lowest BCUT2D eigenvalue weighted by Gasteiger charge is -2.22. The molecule has 1 rings (SSSR count). The lowest BCUT2D eigenvalue weighted by atomic mass is 10.0. The number of halogens is 1. The fourth-order valence-corrected chi connectivity index (χ4v) is 2.52. The van der Waals surface area contributed by atoms with Gasteiger partial charge in [0.2, 0.25) is 0 Å². The van der Waals surface area contributed by atoms with Gasteiger partial charge in [0.05, 0.1) is 7.11 Å². The fraction of sp³-hybridized carbons (Fsp3) is 0.647. The van der Waals surface area contributed by atoms with Gasteiger partial charge in [0.15, 0.2) is 0 Å². The molecule has 0 aliphatic carbocycles. The van der Waals surface area contributed by atoms with E-state index in [4.69, 9.17) is 4.74 Å². The van der Waals surface area contributed by atoms with Crippen LogP contribution in [0, 0.1) is 5.82 Å².